The molecule has 0 radical (unpaired) electrons. The molecule has 1 unspecified atom stereocenters. The van der Waals surface area contributed by atoms with Gasteiger partial charge in [-0.3, -0.25) is 0 Å². The molecule has 4 heterocycles. The van der Waals surface area contributed by atoms with E-state index in [0.29, 0.717) is 37.7 Å². The molecule has 2 saturated heterocycles. The van der Waals surface area contributed by atoms with Gasteiger partial charge in [0.1, 0.15) is 0 Å². The maximum absolute atomic E-state index is 14.2. The van der Waals surface area contributed by atoms with Gasteiger partial charge in [-0.2, -0.15) is 17.0 Å². The van der Waals surface area contributed by atoms with Crippen molar-refractivity contribution < 1.29 is 13.2 Å². The summed E-state index contributed by atoms with van der Waals surface area (Å²) < 4.78 is 37.8. The van der Waals surface area contributed by atoms with Crippen molar-refractivity contribution in [3.05, 3.63) is 47.0 Å². The van der Waals surface area contributed by atoms with Crippen LogP contribution in [-0.4, -0.2) is 64.9 Å². The van der Waals surface area contributed by atoms with Gasteiger partial charge in [-0.1, -0.05) is 11.6 Å². The third kappa shape index (κ3) is 3.73. The summed E-state index contributed by atoms with van der Waals surface area (Å²) in [6.07, 6.45) is 10.8. The number of aromatic nitrogens is 2. The van der Waals surface area contributed by atoms with Crippen LogP contribution >= 0.6 is 11.6 Å². The largest absolute Gasteiger partial charge is 0.375 e. The van der Waals surface area contributed by atoms with Crippen LogP contribution in [0, 0.1) is 11.3 Å². The van der Waals surface area contributed by atoms with Gasteiger partial charge in [0.05, 0.1) is 24.2 Å². The first kappa shape index (κ1) is 23.5. The van der Waals surface area contributed by atoms with Crippen LogP contribution in [0.1, 0.15) is 56.2 Å². The molecule has 2 aromatic rings. The zero-order valence-corrected chi connectivity index (χ0v) is 22.1. The van der Waals surface area contributed by atoms with Crippen molar-refractivity contribution in [1.29, 1.82) is 0 Å². The van der Waals surface area contributed by atoms with Crippen molar-refractivity contribution in [2.75, 3.05) is 31.1 Å². The normalized spacial score (nSPS) is 32.1. The van der Waals surface area contributed by atoms with Crippen LogP contribution < -0.4 is 4.90 Å². The second-order valence-corrected chi connectivity index (χ2v) is 14.0. The van der Waals surface area contributed by atoms with E-state index in [4.69, 9.17) is 16.3 Å². The summed E-state index contributed by atoms with van der Waals surface area (Å²) >= 11 is 6.45. The van der Waals surface area contributed by atoms with E-state index in [1.165, 1.54) is 19.3 Å². The van der Waals surface area contributed by atoms with Gasteiger partial charge in [0.25, 0.3) is 10.2 Å². The predicted octanol–water partition coefficient (Wildman–Crippen LogP) is 3.94. The summed E-state index contributed by atoms with van der Waals surface area (Å²) in [6, 6.07) is 6.05. The molecule has 194 valence electrons. The fraction of sp³-hybridized carbons (Fsp3) is 0.654. The minimum absolute atomic E-state index is 0.109. The van der Waals surface area contributed by atoms with E-state index in [0.717, 1.165) is 55.2 Å². The topological polar surface area (TPSA) is 81.8 Å². The molecule has 3 aliphatic heterocycles. The number of rotatable bonds is 5. The monoisotopic (exact) mass is 531 g/mol. The van der Waals surface area contributed by atoms with Gasteiger partial charge < -0.3 is 14.6 Å². The Labute approximate surface area is 218 Å². The van der Waals surface area contributed by atoms with Crippen molar-refractivity contribution in [1.82, 2.24) is 18.6 Å². The summed E-state index contributed by atoms with van der Waals surface area (Å²) in [7, 11) is -3.63. The lowest BCUT2D eigenvalue weighted by Crippen LogP contribution is -2.66. The van der Waals surface area contributed by atoms with Gasteiger partial charge in [-0.25, -0.2) is 4.98 Å². The Hall–Kier alpha value is -1.65. The van der Waals surface area contributed by atoms with E-state index in [9.17, 15) is 8.42 Å². The Morgan fingerprint density at radius 1 is 1.14 bits per heavy atom. The molecule has 3 saturated carbocycles. The fourth-order valence-corrected chi connectivity index (χ4v) is 9.31. The number of nitrogens with one attached hydrogen (secondary N) is 1. The highest BCUT2D eigenvalue weighted by molar-refractivity contribution is 7.86. The third-order valence-corrected chi connectivity index (χ3v) is 11.8. The summed E-state index contributed by atoms with van der Waals surface area (Å²) in [5, 5.41) is 0.634. The number of benzene rings is 1. The quantitative estimate of drug-likeness (QED) is 0.632. The van der Waals surface area contributed by atoms with E-state index in [-0.39, 0.29) is 17.1 Å². The number of fused-ring (bicyclic) bond motifs is 1. The van der Waals surface area contributed by atoms with Crippen LogP contribution in [0.25, 0.3) is 0 Å². The molecule has 8 nitrogen and oxygen atoms in total. The highest BCUT2D eigenvalue weighted by atomic mass is 35.5. The number of imidazole rings is 1. The van der Waals surface area contributed by atoms with Crippen LogP contribution in [-0.2, 0) is 28.0 Å². The van der Waals surface area contributed by atoms with Gasteiger partial charge >= 0.3 is 0 Å². The van der Waals surface area contributed by atoms with Crippen molar-refractivity contribution in [2.24, 2.45) is 11.3 Å². The second-order valence-electron chi connectivity index (χ2n) is 11.7. The number of ether oxygens (including phenoxy) is 1. The summed E-state index contributed by atoms with van der Waals surface area (Å²) in [6.45, 7) is 3.35. The number of piperidine rings is 1. The number of hydrogen-bond donors (Lipinski definition) is 1. The molecule has 2 bridgehead atoms. The molecular weight excluding hydrogens is 498 g/mol. The molecule has 3 aliphatic carbocycles. The smallest absolute Gasteiger partial charge is 0.282 e. The Morgan fingerprint density at radius 3 is 2.58 bits per heavy atom. The highest BCUT2D eigenvalue weighted by Gasteiger charge is 2.63. The molecular formula is C26H34ClN5O3S. The lowest BCUT2D eigenvalue weighted by Gasteiger charge is -2.67. The number of H-pyrrole nitrogens is 1. The average molecular weight is 532 g/mol. The van der Waals surface area contributed by atoms with Crippen LogP contribution in [0.4, 0.5) is 5.69 Å². The van der Waals surface area contributed by atoms with Crippen LogP contribution in [0.2, 0.25) is 5.02 Å². The molecule has 10 heteroatoms. The molecule has 1 aromatic carbocycles. The van der Waals surface area contributed by atoms with Gasteiger partial charge in [0.2, 0.25) is 0 Å². The van der Waals surface area contributed by atoms with Crippen LogP contribution in [0.3, 0.4) is 0 Å². The number of hydrogen-bond acceptors (Lipinski definition) is 5. The summed E-state index contributed by atoms with van der Waals surface area (Å²) in [4.78, 5) is 9.92. The fourth-order valence-electron chi connectivity index (χ4n) is 7.52. The second kappa shape index (κ2) is 8.43. The third-order valence-electron chi connectivity index (χ3n) is 9.61. The number of halogens is 1. The molecule has 8 rings (SSSR count). The SMILES string of the molecule is O=S(=O)(N1CCC2(CCCO2)CC1)N1Cc2cc(Cl)ccc2N(Cc2cnc[nH]2)C(C23CC(C2)C3)C1. The summed E-state index contributed by atoms with van der Waals surface area (Å²) in [5.74, 6) is 0.807. The highest BCUT2D eigenvalue weighted by Crippen LogP contribution is 2.67. The first-order valence-corrected chi connectivity index (χ1v) is 15.1. The van der Waals surface area contributed by atoms with Gasteiger partial charge in [-0.05, 0) is 80.0 Å². The van der Waals surface area contributed by atoms with Crippen molar-refractivity contribution in [2.45, 2.75) is 69.7 Å². The lowest BCUT2D eigenvalue weighted by molar-refractivity contribution is -0.128. The molecule has 36 heavy (non-hydrogen) atoms. The van der Waals surface area contributed by atoms with Crippen LogP contribution in [0.5, 0.6) is 0 Å². The zero-order valence-electron chi connectivity index (χ0n) is 20.5. The molecule has 1 N–H and O–H groups in total. The Kier molecular flexibility index (Phi) is 5.49. The standard InChI is InChI=1S/C26H34ClN5O3S/c27-21-2-3-23-20(10-21)15-31(36(33,34)30-7-5-26(6-8-30)4-1-9-35-26)17-24(25-11-19(12-25)13-25)32(23)16-22-14-28-18-29-22/h2-3,10,14,18-19,24H,1,4-9,11-13,15-17H2,(H,28,29). The van der Waals surface area contributed by atoms with E-state index in [2.05, 4.69) is 20.9 Å². The number of nitrogens with zero attached hydrogens (tertiary/aromatic N) is 4. The molecule has 6 aliphatic rings. The maximum Gasteiger partial charge on any atom is 0.282 e. The summed E-state index contributed by atoms with van der Waals surface area (Å²) in [5.41, 5.74) is 3.15. The van der Waals surface area contributed by atoms with Crippen LogP contribution in [0.15, 0.2) is 30.7 Å². The van der Waals surface area contributed by atoms with Crippen molar-refractivity contribution >= 4 is 27.5 Å². The average Bonchev–Trinajstić information content (AvgIpc) is 3.44. The molecule has 1 aromatic heterocycles. The Balaban J connectivity index is 1.23. The molecule has 5 fully saturated rings. The minimum Gasteiger partial charge on any atom is -0.375 e. The Bertz CT molecular complexity index is 1220. The Morgan fingerprint density at radius 2 is 1.94 bits per heavy atom. The molecule has 0 amide bonds. The number of aromatic amines is 1. The molecule has 1 atom stereocenters. The molecule has 1 spiro atoms. The first-order valence-electron chi connectivity index (χ1n) is 13.3. The van der Waals surface area contributed by atoms with Gasteiger partial charge in [0, 0.05) is 55.7 Å². The number of anilines is 1. The van der Waals surface area contributed by atoms with Gasteiger partial charge in [0.15, 0.2) is 0 Å². The zero-order chi connectivity index (χ0) is 24.5. The maximum atomic E-state index is 14.2. The van der Waals surface area contributed by atoms with E-state index in [1.54, 1.807) is 14.9 Å². The van der Waals surface area contributed by atoms with Crippen molar-refractivity contribution in [3.63, 3.8) is 0 Å². The minimum atomic E-state index is -3.63. The van der Waals surface area contributed by atoms with E-state index < -0.39 is 10.2 Å². The predicted molar refractivity (Wildman–Crippen MR) is 138 cm³/mol. The van der Waals surface area contributed by atoms with Gasteiger partial charge in [-0.15, -0.1) is 0 Å². The first-order chi connectivity index (χ1) is 17.4. The van der Waals surface area contributed by atoms with Crippen molar-refractivity contribution in [3.8, 4) is 0 Å². The van der Waals surface area contributed by atoms with E-state index >= 15 is 0 Å². The lowest BCUT2D eigenvalue weighted by atomic mass is 9.41. The van der Waals surface area contributed by atoms with E-state index in [1.807, 2.05) is 18.3 Å².